The summed E-state index contributed by atoms with van der Waals surface area (Å²) in [7, 11) is 1.66. The first kappa shape index (κ1) is 24.7. The van der Waals surface area contributed by atoms with Gasteiger partial charge in [0.05, 0.1) is 12.4 Å². The van der Waals surface area contributed by atoms with Gasteiger partial charge in [0.15, 0.2) is 16.8 Å². The first-order chi connectivity index (χ1) is 17.1. The summed E-state index contributed by atoms with van der Waals surface area (Å²) in [5.41, 5.74) is 4.91. The molecule has 0 amide bonds. The van der Waals surface area contributed by atoms with Gasteiger partial charge in [-0.2, -0.15) is 0 Å². The summed E-state index contributed by atoms with van der Waals surface area (Å²) in [5.74, 6) is 1.82. The summed E-state index contributed by atoms with van der Waals surface area (Å²) in [6.07, 6.45) is 0. The zero-order valence-corrected chi connectivity index (χ0v) is 21.0. The maximum Gasteiger partial charge on any atom is 0.191 e. The van der Waals surface area contributed by atoms with Crippen LogP contribution in [0.5, 0.6) is 5.75 Å². The van der Waals surface area contributed by atoms with E-state index in [-0.39, 0.29) is 18.1 Å². The number of carbonyl (C=O) groups is 1. The molecule has 4 aromatic rings. The van der Waals surface area contributed by atoms with Crippen LogP contribution in [0.2, 0.25) is 0 Å². The number of ketones is 1. The minimum absolute atomic E-state index is 0.0760. The van der Waals surface area contributed by atoms with Gasteiger partial charge in [-0.1, -0.05) is 78.0 Å². The summed E-state index contributed by atoms with van der Waals surface area (Å²) >= 11 is 1.39. The Morgan fingerprint density at radius 3 is 2.54 bits per heavy atom. The summed E-state index contributed by atoms with van der Waals surface area (Å²) in [6.45, 7) is 5.28. The van der Waals surface area contributed by atoms with Crippen LogP contribution in [-0.2, 0) is 17.9 Å². The van der Waals surface area contributed by atoms with Crippen molar-refractivity contribution in [3.63, 3.8) is 0 Å². The van der Waals surface area contributed by atoms with E-state index in [9.17, 15) is 4.79 Å². The SMILES string of the molecule is COCCn1c(COc2ccccc2-c2ccccc2)nnc1SCC(=O)c1cc(C)ccc1C. The van der Waals surface area contributed by atoms with Crippen molar-refractivity contribution < 1.29 is 14.3 Å². The van der Waals surface area contributed by atoms with Gasteiger partial charge in [0.25, 0.3) is 0 Å². The number of para-hydroxylation sites is 1. The highest BCUT2D eigenvalue weighted by Gasteiger charge is 2.17. The molecule has 7 heteroatoms. The summed E-state index contributed by atoms with van der Waals surface area (Å²) < 4.78 is 13.5. The lowest BCUT2D eigenvalue weighted by Gasteiger charge is -2.13. The number of hydrogen-bond donors (Lipinski definition) is 0. The van der Waals surface area contributed by atoms with Crippen LogP contribution in [0.4, 0.5) is 0 Å². The standard InChI is InChI=1S/C28H29N3O3S/c1-20-13-14-21(2)24(17-20)25(32)19-35-28-30-29-27(31(28)15-16-33-3)18-34-26-12-8-7-11-23(26)22-9-5-4-6-10-22/h4-14,17H,15-16,18-19H2,1-3H3. The number of nitrogens with zero attached hydrogens (tertiary/aromatic N) is 3. The van der Waals surface area contributed by atoms with Gasteiger partial charge >= 0.3 is 0 Å². The number of methoxy groups -OCH3 is 1. The number of aryl methyl sites for hydroxylation is 2. The van der Waals surface area contributed by atoms with E-state index in [0.29, 0.717) is 24.1 Å². The van der Waals surface area contributed by atoms with E-state index >= 15 is 0 Å². The molecule has 3 aromatic carbocycles. The van der Waals surface area contributed by atoms with Crippen molar-refractivity contribution in [1.29, 1.82) is 0 Å². The van der Waals surface area contributed by atoms with Crippen LogP contribution >= 0.6 is 11.8 Å². The van der Waals surface area contributed by atoms with Crippen LogP contribution < -0.4 is 4.74 Å². The Morgan fingerprint density at radius 2 is 1.74 bits per heavy atom. The quantitative estimate of drug-likeness (QED) is 0.198. The third-order valence-corrected chi connectivity index (χ3v) is 6.63. The lowest BCUT2D eigenvalue weighted by molar-refractivity contribution is 0.102. The van der Waals surface area contributed by atoms with Gasteiger partial charge in [0, 0.05) is 24.8 Å². The largest absolute Gasteiger partial charge is 0.485 e. The number of hydrogen-bond acceptors (Lipinski definition) is 6. The second-order valence-corrected chi connectivity index (χ2v) is 9.17. The van der Waals surface area contributed by atoms with Gasteiger partial charge in [-0.25, -0.2) is 0 Å². The second kappa shape index (κ2) is 11.8. The lowest BCUT2D eigenvalue weighted by Crippen LogP contribution is -2.13. The van der Waals surface area contributed by atoms with Crippen molar-refractivity contribution in [2.24, 2.45) is 0 Å². The fourth-order valence-corrected chi connectivity index (χ4v) is 4.64. The zero-order chi connectivity index (χ0) is 24.6. The maximum absolute atomic E-state index is 12.9. The molecule has 0 saturated heterocycles. The number of aromatic nitrogens is 3. The van der Waals surface area contributed by atoms with Gasteiger partial charge in [-0.15, -0.1) is 10.2 Å². The Bertz CT molecular complexity index is 1290. The fourth-order valence-electron chi connectivity index (χ4n) is 3.77. The predicted molar refractivity (Wildman–Crippen MR) is 139 cm³/mol. The Hall–Kier alpha value is -3.42. The van der Waals surface area contributed by atoms with E-state index in [1.807, 2.05) is 79.1 Å². The number of rotatable bonds is 11. The minimum atomic E-state index is 0.0760. The second-order valence-electron chi connectivity index (χ2n) is 8.22. The molecular weight excluding hydrogens is 458 g/mol. The van der Waals surface area contributed by atoms with Crippen LogP contribution in [0.1, 0.15) is 27.3 Å². The molecule has 0 unspecified atom stereocenters. The van der Waals surface area contributed by atoms with E-state index in [2.05, 4.69) is 22.3 Å². The maximum atomic E-state index is 12.9. The molecule has 0 aliphatic heterocycles. The first-order valence-electron chi connectivity index (χ1n) is 11.5. The highest BCUT2D eigenvalue weighted by molar-refractivity contribution is 7.99. The number of thioether (sulfide) groups is 1. The molecule has 0 bridgehead atoms. The van der Waals surface area contributed by atoms with Crippen molar-refractivity contribution in [2.75, 3.05) is 19.5 Å². The van der Waals surface area contributed by atoms with E-state index < -0.39 is 0 Å². The predicted octanol–water partition coefficient (Wildman–Crippen LogP) is 5.76. The van der Waals surface area contributed by atoms with E-state index in [4.69, 9.17) is 9.47 Å². The van der Waals surface area contributed by atoms with Crippen molar-refractivity contribution in [2.45, 2.75) is 32.2 Å². The first-order valence-corrected chi connectivity index (χ1v) is 12.5. The van der Waals surface area contributed by atoms with Crippen LogP contribution in [-0.4, -0.2) is 40.0 Å². The third kappa shape index (κ3) is 6.18. The number of ether oxygens (including phenoxy) is 2. The molecule has 0 aliphatic rings. The van der Waals surface area contributed by atoms with Gasteiger partial charge in [-0.05, 0) is 37.1 Å². The van der Waals surface area contributed by atoms with Crippen LogP contribution in [0.3, 0.4) is 0 Å². The molecular formula is C28H29N3O3S. The number of Topliss-reactive ketones (excluding diaryl/α,β-unsaturated/α-hetero) is 1. The van der Waals surface area contributed by atoms with Gasteiger partial charge in [0.1, 0.15) is 12.4 Å². The molecule has 0 aliphatic carbocycles. The third-order valence-electron chi connectivity index (χ3n) is 5.67. The fraction of sp³-hybridized carbons (Fsp3) is 0.250. The Balaban J connectivity index is 1.49. The van der Waals surface area contributed by atoms with Gasteiger partial charge in [-0.3, -0.25) is 4.79 Å². The van der Waals surface area contributed by atoms with Crippen molar-refractivity contribution in [3.05, 3.63) is 95.3 Å². The molecule has 0 fully saturated rings. The van der Waals surface area contributed by atoms with Crippen LogP contribution in [0.25, 0.3) is 11.1 Å². The minimum Gasteiger partial charge on any atom is -0.485 e. The molecule has 35 heavy (non-hydrogen) atoms. The van der Waals surface area contributed by atoms with Crippen molar-refractivity contribution in [1.82, 2.24) is 14.8 Å². The monoisotopic (exact) mass is 487 g/mol. The lowest BCUT2D eigenvalue weighted by atomic mass is 10.0. The summed E-state index contributed by atoms with van der Waals surface area (Å²) in [4.78, 5) is 12.9. The molecule has 0 atom stereocenters. The Kier molecular flexibility index (Phi) is 8.34. The molecule has 1 aromatic heterocycles. The average molecular weight is 488 g/mol. The smallest absolute Gasteiger partial charge is 0.191 e. The van der Waals surface area contributed by atoms with E-state index in [1.165, 1.54) is 11.8 Å². The molecule has 0 radical (unpaired) electrons. The zero-order valence-electron chi connectivity index (χ0n) is 20.2. The normalized spacial score (nSPS) is 10.9. The summed E-state index contributed by atoms with van der Waals surface area (Å²) in [5, 5.41) is 9.40. The average Bonchev–Trinajstić information content (AvgIpc) is 3.28. The molecule has 180 valence electrons. The van der Waals surface area contributed by atoms with Crippen molar-refractivity contribution >= 4 is 17.5 Å². The Labute approximate surface area is 210 Å². The van der Waals surface area contributed by atoms with Crippen LogP contribution in [0, 0.1) is 13.8 Å². The molecule has 4 rings (SSSR count). The molecule has 0 saturated carbocycles. The van der Waals surface area contributed by atoms with Gasteiger partial charge < -0.3 is 14.0 Å². The number of carbonyl (C=O) groups excluding carboxylic acids is 1. The van der Waals surface area contributed by atoms with Crippen molar-refractivity contribution in [3.8, 4) is 16.9 Å². The number of benzene rings is 3. The highest BCUT2D eigenvalue weighted by atomic mass is 32.2. The Morgan fingerprint density at radius 1 is 0.971 bits per heavy atom. The molecule has 6 nitrogen and oxygen atoms in total. The van der Waals surface area contributed by atoms with E-state index in [0.717, 1.165) is 33.6 Å². The molecule has 0 N–H and O–H groups in total. The summed E-state index contributed by atoms with van der Waals surface area (Å²) in [6, 6.07) is 24.0. The topological polar surface area (TPSA) is 66.2 Å². The van der Waals surface area contributed by atoms with Gasteiger partial charge in [0.2, 0.25) is 0 Å². The molecule has 0 spiro atoms. The highest BCUT2D eigenvalue weighted by Crippen LogP contribution is 2.30. The van der Waals surface area contributed by atoms with Crippen LogP contribution in [0.15, 0.2) is 78.0 Å². The van der Waals surface area contributed by atoms with E-state index in [1.54, 1.807) is 7.11 Å². The molecule has 1 heterocycles.